The van der Waals surface area contributed by atoms with Crippen LogP contribution in [0, 0.1) is 5.92 Å². The van der Waals surface area contributed by atoms with Gasteiger partial charge in [0.05, 0.1) is 0 Å². The predicted octanol–water partition coefficient (Wildman–Crippen LogP) is -2.16. The quantitative estimate of drug-likeness (QED) is 0.148. The number of carbonyl (C=O) groups is 3. The van der Waals surface area contributed by atoms with E-state index in [4.69, 9.17) is 16.8 Å². The van der Waals surface area contributed by atoms with Crippen molar-refractivity contribution in [2.45, 2.75) is 19.3 Å². The van der Waals surface area contributed by atoms with Crippen molar-refractivity contribution in [1.29, 1.82) is 0 Å². The van der Waals surface area contributed by atoms with Gasteiger partial charge >= 0.3 is 5.97 Å². The molecule has 0 aromatic heterocycles. The lowest BCUT2D eigenvalue weighted by atomic mass is 10.0. The number of carbonyl (C=O) groups excluding carboxylic acids is 2. The molecule has 7 N–H and O–H groups in total. The van der Waals surface area contributed by atoms with E-state index in [0.29, 0.717) is 0 Å². The summed E-state index contributed by atoms with van der Waals surface area (Å²) in [6, 6.07) is 0. The number of nitrogens with two attached hydrogens (primary N) is 2. The molecule has 0 aromatic rings. The average Bonchev–Trinajstić information content (AvgIpc) is 2.22. The zero-order valence-electron chi connectivity index (χ0n) is 8.03. The van der Waals surface area contributed by atoms with Gasteiger partial charge in [0.25, 0.3) is 0 Å². The van der Waals surface area contributed by atoms with Gasteiger partial charge < -0.3 is 5.11 Å². The SMILES string of the molecule is NNC(=O)CCCC(C(=O)O)C(=O)NN. The molecule has 0 heterocycles. The van der Waals surface area contributed by atoms with Gasteiger partial charge in [0.2, 0.25) is 11.8 Å². The highest BCUT2D eigenvalue weighted by atomic mass is 16.4. The Bertz CT molecular complexity index is 255. The molecule has 15 heavy (non-hydrogen) atoms. The Hall–Kier alpha value is -1.67. The van der Waals surface area contributed by atoms with E-state index in [0.717, 1.165) is 0 Å². The Morgan fingerprint density at radius 1 is 1.20 bits per heavy atom. The minimum absolute atomic E-state index is 0.0335. The number of hydrazine groups is 2. The summed E-state index contributed by atoms with van der Waals surface area (Å²) in [4.78, 5) is 32.3. The molecule has 1 atom stereocenters. The number of hydrogen-bond acceptors (Lipinski definition) is 5. The lowest BCUT2D eigenvalue weighted by molar-refractivity contribution is -0.147. The lowest BCUT2D eigenvalue weighted by Gasteiger charge is -2.09. The molecule has 0 saturated carbocycles. The minimum atomic E-state index is -1.27. The Balaban J connectivity index is 4.03. The Labute approximate surface area is 85.9 Å². The summed E-state index contributed by atoms with van der Waals surface area (Å²) in [6.45, 7) is 0. The summed E-state index contributed by atoms with van der Waals surface area (Å²) < 4.78 is 0. The molecule has 0 bridgehead atoms. The van der Waals surface area contributed by atoms with Crippen molar-refractivity contribution in [3.05, 3.63) is 0 Å². The van der Waals surface area contributed by atoms with E-state index in [9.17, 15) is 14.4 Å². The van der Waals surface area contributed by atoms with Crippen LogP contribution in [0.25, 0.3) is 0 Å². The Morgan fingerprint density at radius 2 is 1.80 bits per heavy atom. The van der Waals surface area contributed by atoms with Gasteiger partial charge in [-0.1, -0.05) is 0 Å². The number of nitrogens with one attached hydrogen (secondary N) is 2. The Morgan fingerprint density at radius 3 is 2.20 bits per heavy atom. The van der Waals surface area contributed by atoms with Crippen LogP contribution in [-0.2, 0) is 14.4 Å². The second-order valence-corrected chi connectivity index (χ2v) is 2.86. The second kappa shape index (κ2) is 6.74. The molecule has 1 unspecified atom stereocenters. The predicted molar refractivity (Wildman–Crippen MR) is 49.6 cm³/mol. The van der Waals surface area contributed by atoms with Crippen LogP contribution in [0.2, 0.25) is 0 Å². The van der Waals surface area contributed by atoms with Gasteiger partial charge in [0, 0.05) is 6.42 Å². The fourth-order valence-electron chi connectivity index (χ4n) is 1.01. The van der Waals surface area contributed by atoms with Gasteiger partial charge in [-0.2, -0.15) is 0 Å². The van der Waals surface area contributed by atoms with Crippen molar-refractivity contribution in [1.82, 2.24) is 10.9 Å². The number of carboxylic acids is 1. The van der Waals surface area contributed by atoms with Gasteiger partial charge in [0.15, 0.2) is 0 Å². The first kappa shape index (κ1) is 13.3. The smallest absolute Gasteiger partial charge is 0.316 e. The van der Waals surface area contributed by atoms with Crippen molar-refractivity contribution in [2.75, 3.05) is 0 Å². The number of amides is 2. The average molecular weight is 218 g/mol. The molecule has 0 radical (unpaired) electrons. The third kappa shape index (κ3) is 4.93. The third-order valence-electron chi connectivity index (χ3n) is 1.81. The second-order valence-electron chi connectivity index (χ2n) is 2.86. The van der Waals surface area contributed by atoms with E-state index in [-0.39, 0.29) is 19.3 Å². The van der Waals surface area contributed by atoms with Crippen LogP contribution in [0.3, 0.4) is 0 Å². The third-order valence-corrected chi connectivity index (χ3v) is 1.81. The van der Waals surface area contributed by atoms with E-state index in [1.807, 2.05) is 5.43 Å². The zero-order valence-corrected chi connectivity index (χ0v) is 8.03. The van der Waals surface area contributed by atoms with Crippen LogP contribution in [0.15, 0.2) is 0 Å². The van der Waals surface area contributed by atoms with Crippen molar-refractivity contribution in [2.24, 2.45) is 17.6 Å². The number of hydrogen-bond donors (Lipinski definition) is 5. The standard InChI is InChI=1S/C7H14N4O4/c8-10-5(12)3-1-2-4(7(14)15)6(13)11-9/h4H,1-3,8-9H2,(H,10,12)(H,11,13)(H,14,15). The van der Waals surface area contributed by atoms with E-state index >= 15 is 0 Å². The first-order chi connectivity index (χ1) is 7.02. The largest absolute Gasteiger partial charge is 0.481 e. The van der Waals surface area contributed by atoms with E-state index in [2.05, 4.69) is 0 Å². The van der Waals surface area contributed by atoms with Crippen molar-refractivity contribution < 1.29 is 19.5 Å². The molecule has 86 valence electrons. The Kier molecular flexibility index (Phi) is 5.99. The zero-order chi connectivity index (χ0) is 11.8. The van der Waals surface area contributed by atoms with Crippen LogP contribution in [0.5, 0.6) is 0 Å². The topological polar surface area (TPSA) is 148 Å². The molecule has 0 spiro atoms. The highest BCUT2D eigenvalue weighted by Crippen LogP contribution is 2.08. The first-order valence-electron chi connectivity index (χ1n) is 4.25. The number of aliphatic carboxylic acids is 1. The monoisotopic (exact) mass is 218 g/mol. The van der Waals surface area contributed by atoms with Crippen LogP contribution in [0.1, 0.15) is 19.3 Å². The highest BCUT2D eigenvalue weighted by Gasteiger charge is 2.25. The highest BCUT2D eigenvalue weighted by molar-refractivity contribution is 5.96. The molecule has 0 aromatic carbocycles. The normalized spacial score (nSPS) is 11.6. The van der Waals surface area contributed by atoms with Crippen LogP contribution >= 0.6 is 0 Å². The molecular weight excluding hydrogens is 204 g/mol. The van der Waals surface area contributed by atoms with Gasteiger partial charge in [-0.05, 0) is 12.8 Å². The molecule has 8 nitrogen and oxygen atoms in total. The summed E-state index contributed by atoms with van der Waals surface area (Å²) in [6.07, 6.45) is 0.345. The molecule has 0 aliphatic rings. The molecule has 2 amide bonds. The van der Waals surface area contributed by atoms with Crippen molar-refractivity contribution in [3.8, 4) is 0 Å². The minimum Gasteiger partial charge on any atom is -0.481 e. The summed E-state index contributed by atoms with van der Waals surface area (Å²) in [5, 5.41) is 8.66. The van der Waals surface area contributed by atoms with E-state index < -0.39 is 23.7 Å². The number of rotatable bonds is 6. The maximum Gasteiger partial charge on any atom is 0.316 e. The maximum absolute atomic E-state index is 11.0. The van der Waals surface area contributed by atoms with Gasteiger partial charge in [-0.3, -0.25) is 25.2 Å². The summed E-state index contributed by atoms with van der Waals surface area (Å²) in [5.41, 5.74) is 3.65. The van der Waals surface area contributed by atoms with E-state index in [1.54, 1.807) is 5.43 Å². The first-order valence-corrected chi connectivity index (χ1v) is 4.25. The van der Waals surface area contributed by atoms with Gasteiger partial charge in [-0.25, -0.2) is 11.7 Å². The number of carboxylic acid groups (broad SMARTS) is 1. The van der Waals surface area contributed by atoms with Crippen molar-refractivity contribution >= 4 is 17.8 Å². The molecule has 0 rings (SSSR count). The van der Waals surface area contributed by atoms with Crippen LogP contribution in [-0.4, -0.2) is 22.9 Å². The summed E-state index contributed by atoms with van der Waals surface area (Å²) >= 11 is 0. The fourth-order valence-corrected chi connectivity index (χ4v) is 1.01. The lowest BCUT2D eigenvalue weighted by Crippen LogP contribution is -2.39. The van der Waals surface area contributed by atoms with Crippen LogP contribution in [0.4, 0.5) is 0 Å². The van der Waals surface area contributed by atoms with Gasteiger partial charge in [-0.15, -0.1) is 0 Å². The molecule has 0 saturated heterocycles. The maximum atomic E-state index is 11.0. The molecule has 0 aliphatic carbocycles. The summed E-state index contributed by atoms with van der Waals surface area (Å²) in [7, 11) is 0. The van der Waals surface area contributed by atoms with E-state index in [1.165, 1.54) is 0 Å². The molecule has 0 aliphatic heterocycles. The summed E-state index contributed by atoms with van der Waals surface area (Å²) in [5.74, 6) is 5.93. The molecule has 8 heteroatoms. The van der Waals surface area contributed by atoms with Crippen molar-refractivity contribution in [3.63, 3.8) is 0 Å². The molecular formula is C7H14N4O4. The van der Waals surface area contributed by atoms with Gasteiger partial charge in [0.1, 0.15) is 5.92 Å². The fraction of sp³-hybridized carbons (Fsp3) is 0.571. The van der Waals surface area contributed by atoms with Crippen LogP contribution < -0.4 is 22.5 Å². The molecule has 0 fully saturated rings.